The van der Waals surface area contributed by atoms with E-state index in [9.17, 15) is 9.59 Å². The summed E-state index contributed by atoms with van der Waals surface area (Å²) in [5.41, 5.74) is 0.863. The van der Waals surface area contributed by atoms with Gasteiger partial charge in [-0.3, -0.25) is 19.6 Å². The molecule has 0 spiro atoms. The van der Waals surface area contributed by atoms with Crippen molar-refractivity contribution in [2.45, 2.75) is 25.9 Å². The van der Waals surface area contributed by atoms with Crippen molar-refractivity contribution in [3.63, 3.8) is 0 Å². The SMILES string of the molecule is C[C@@H]1CN(C(=O)c2ccccn2)[C@H](C)CN1C(=O)c1ccccn1. The molecule has 0 unspecified atom stereocenters. The van der Waals surface area contributed by atoms with E-state index in [0.29, 0.717) is 24.5 Å². The molecule has 3 rings (SSSR count). The highest BCUT2D eigenvalue weighted by Gasteiger charge is 2.35. The Balaban J connectivity index is 1.75. The summed E-state index contributed by atoms with van der Waals surface area (Å²) < 4.78 is 0. The number of amides is 2. The Morgan fingerprint density at radius 1 is 0.833 bits per heavy atom. The Labute approximate surface area is 141 Å². The van der Waals surface area contributed by atoms with Crippen molar-refractivity contribution < 1.29 is 9.59 Å². The van der Waals surface area contributed by atoms with E-state index in [4.69, 9.17) is 0 Å². The van der Waals surface area contributed by atoms with Crippen molar-refractivity contribution >= 4 is 11.8 Å². The third kappa shape index (κ3) is 3.13. The minimum absolute atomic E-state index is 0.0802. The first-order valence-corrected chi connectivity index (χ1v) is 8.02. The Kier molecular flexibility index (Phi) is 4.55. The van der Waals surface area contributed by atoms with Gasteiger partial charge >= 0.3 is 0 Å². The number of rotatable bonds is 2. The number of piperazine rings is 1. The van der Waals surface area contributed by atoms with E-state index in [0.717, 1.165) is 0 Å². The minimum Gasteiger partial charge on any atom is -0.331 e. The molecule has 2 aromatic heterocycles. The van der Waals surface area contributed by atoms with Crippen LogP contribution in [0.15, 0.2) is 48.8 Å². The molecule has 1 fully saturated rings. The van der Waals surface area contributed by atoms with Gasteiger partial charge in [0, 0.05) is 37.6 Å². The molecular weight excluding hydrogens is 304 g/mol. The highest BCUT2D eigenvalue weighted by Crippen LogP contribution is 2.19. The number of hydrogen-bond acceptors (Lipinski definition) is 4. The standard InChI is InChI=1S/C18H20N4O2/c1-13-11-22(18(24)16-8-4-6-10-20-16)14(2)12-21(13)17(23)15-7-3-5-9-19-15/h3-10,13-14H,11-12H2,1-2H3/t13-,14-/m1/s1. The van der Waals surface area contributed by atoms with Gasteiger partial charge in [-0.1, -0.05) is 12.1 Å². The van der Waals surface area contributed by atoms with Gasteiger partial charge < -0.3 is 9.80 Å². The second-order valence-corrected chi connectivity index (χ2v) is 6.04. The van der Waals surface area contributed by atoms with Gasteiger partial charge in [0.15, 0.2) is 0 Å². The number of carbonyl (C=O) groups excluding carboxylic acids is 2. The average molecular weight is 324 g/mol. The number of pyridine rings is 2. The predicted octanol–water partition coefficient (Wildman–Crippen LogP) is 1.85. The van der Waals surface area contributed by atoms with Crippen LogP contribution in [0.4, 0.5) is 0 Å². The summed E-state index contributed by atoms with van der Waals surface area (Å²) in [7, 11) is 0. The molecule has 0 bridgehead atoms. The van der Waals surface area contributed by atoms with Crippen LogP contribution in [-0.2, 0) is 0 Å². The normalized spacial score (nSPS) is 20.8. The molecule has 6 heteroatoms. The van der Waals surface area contributed by atoms with E-state index in [1.807, 2.05) is 13.8 Å². The van der Waals surface area contributed by atoms with Crippen molar-refractivity contribution in [3.05, 3.63) is 60.2 Å². The zero-order chi connectivity index (χ0) is 17.1. The molecule has 6 nitrogen and oxygen atoms in total. The third-order valence-electron chi connectivity index (χ3n) is 4.28. The van der Waals surface area contributed by atoms with Gasteiger partial charge in [0.25, 0.3) is 11.8 Å². The molecule has 0 aliphatic carbocycles. The van der Waals surface area contributed by atoms with Crippen LogP contribution in [0, 0.1) is 0 Å². The minimum atomic E-state index is -0.0973. The molecule has 0 saturated carbocycles. The maximum absolute atomic E-state index is 12.6. The smallest absolute Gasteiger partial charge is 0.272 e. The third-order valence-corrected chi connectivity index (χ3v) is 4.28. The number of hydrogen-bond donors (Lipinski definition) is 0. The van der Waals surface area contributed by atoms with E-state index in [2.05, 4.69) is 9.97 Å². The lowest BCUT2D eigenvalue weighted by Gasteiger charge is -2.43. The number of nitrogens with zero attached hydrogens (tertiary/aromatic N) is 4. The Morgan fingerprint density at radius 2 is 1.25 bits per heavy atom. The van der Waals surface area contributed by atoms with Gasteiger partial charge in [0.05, 0.1) is 0 Å². The number of carbonyl (C=O) groups is 2. The van der Waals surface area contributed by atoms with Crippen LogP contribution < -0.4 is 0 Å². The largest absolute Gasteiger partial charge is 0.331 e. The van der Waals surface area contributed by atoms with Crippen LogP contribution in [-0.4, -0.2) is 56.8 Å². The van der Waals surface area contributed by atoms with Gasteiger partial charge in [-0.15, -0.1) is 0 Å². The van der Waals surface area contributed by atoms with E-state index >= 15 is 0 Å². The summed E-state index contributed by atoms with van der Waals surface area (Å²) in [5, 5.41) is 0. The summed E-state index contributed by atoms with van der Waals surface area (Å²) in [6.45, 7) is 4.86. The summed E-state index contributed by atoms with van der Waals surface area (Å²) in [5.74, 6) is -0.195. The lowest BCUT2D eigenvalue weighted by atomic mass is 10.1. The van der Waals surface area contributed by atoms with Gasteiger partial charge in [0.2, 0.25) is 0 Å². The quantitative estimate of drug-likeness (QED) is 0.845. The average Bonchev–Trinajstić information content (AvgIpc) is 2.63. The van der Waals surface area contributed by atoms with Crippen LogP contribution in [0.1, 0.15) is 34.8 Å². The fourth-order valence-corrected chi connectivity index (χ4v) is 2.97. The Morgan fingerprint density at radius 3 is 1.58 bits per heavy atom. The van der Waals surface area contributed by atoms with Crippen molar-refractivity contribution in [2.75, 3.05) is 13.1 Å². The highest BCUT2D eigenvalue weighted by atomic mass is 16.2. The van der Waals surface area contributed by atoms with Gasteiger partial charge in [-0.05, 0) is 38.1 Å². The van der Waals surface area contributed by atoms with Crippen molar-refractivity contribution in [1.29, 1.82) is 0 Å². The molecular formula is C18H20N4O2. The van der Waals surface area contributed by atoms with Crippen molar-refractivity contribution in [3.8, 4) is 0 Å². The van der Waals surface area contributed by atoms with E-state index < -0.39 is 0 Å². The van der Waals surface area contributed by atoms with Gasteiger partial charge in [-0.2, -0.15) is 0 Å². The molecule has 2 atom stereocenters. The Bertz CT molecular complexity index is 657. The second-order valence-electron chi connectivity index (χ2n) is 6.04. The maximum atomic E-state index is 12.6. The molecule has 3 heterocycles. The molecule has 0 aromatic carbocycles. The first kappa shape index (κ1) is 16.1. The zero-order valence-electron chi connectivity index (χ0n) is 13.8. The van der Waals surface area contributed by atoms with E-state index in [-0.39, 0.29) is 23.9 Å². The van der Waals surface area contributed by atoms with Crippen molar-refractivity contribution in [2.24, 2.45) is 0 Å². The van der Waals surface area contributed by atoms with Crippen LogP contribution in [0.5, 0.6) is 0 Å². The van der Waals surface area contributed by atoms with E-state index in [1.165, 1.54) is 0 Å². The molecule has 0 radical (unpaired) electrons. The number of aromatic nitrogens is 2. The van der Waals surface area contributed by atoms with Crippen LogP contribution in [0.2, 0.25) is 0 Å². The van der Waals surface area contributed by atoms with Crippen LogP contribution in [0.3, 0.4) is 0 Å². The van der Waals surface area contributed by atoms with Gasteiger partial charge in [-0.25, -0.2) is 0 Å². The summed E-state index contributed by atoms with van der Waals surface area (Å²) in [4.78, 5) is 37.1. The molecule has 1 saturated heterocycles. The molecule has 2 amide bonds. The van der Waals surface area contributed by atoms with Gasteiger partial charge in [0.1, 0.15) is 11.4 Å². The topological polar surface area (TPSA) is 66.4 Å². The fraction of sp³-hybridized carbons (Fsp3) is 0.333. The van der Waals surface area contributed by atoms with Crippen LogP contribution in [0.25, 0.3) is 0 Å². The molecule has 0 N–H and O–H groups in total. The molecule has 1 aliphatic rings. The second kappa shape index (κ2) is 6.78. The lowest BCUT2D eigenvalue weighted by molar-refractivity contribution is 0.0264. The molecule has 2 aromatic rings. The summed E-state index contributed by atoms with van der Waals surface area (Å²) in [6, 6.07) is 10.4. The predicted molar refractivity (Wildman–Crippen MR) is 89.5 cm³/mol. The zero-order valence-corrected chi connectivity index (χ0v) is 13.8. The summed E-state index contributed by atoms with van der Waals surface area (Å²) in [6.07, 6.45) is 3.23. The maximum Gasteiger partial charge on any atom is 0.272 e. The van der Waals surface area contributed by atoms with Crippen LogP contribution >= 0.6 is 0 Å². The first-order valence-electron chi connectivity index (χ1n) is 8.02. The first-order chi connectivity index (χ1) is 11.6. The molecule has 124 valence electrons. The molecule has 24 heavy (non-hydrogen) atoms. The fourth-order valence-electron chi connectivity index (χ4n) is 2.97. The molecule has 1 aliphatic heterocycles. The Hall–Kier alpha value is -2.76. The van der Waals surface area contributed by atoms with E-state index in [1.54, 1.807) is 58.6 Å². The summed E-state index contributed by atoms with van der Waals surface area (Å²) >= 11 is 0. The monoisotopic (exact) mass is 324 g/mol. The van der Waals surface area contributed by atoms with Crippen molar-refractivity contribution in [1.82, 2.24) is 19.8 Å². The highest BCUT2D eigenvalue weighted by molar-refractivity contribution is 5.94. The lowest BCUT2D eigenvalue weighted by Crippen LogP contribution is -2.59.